The number of rotatable bonds is 4. The highest BCUT2D eigenvalue weighted by Crippen LogP contribution is 2.33. The Balaban J connectivity index is 1.25. The maximum absolute atomic E-state index is 13.5. The van der Waals surface area contributed by atoms with Crippen LogP contribution in [0.3, 0.4) is 0 Å². The number of nitrogens with one attached hydrogen (secondary N) is 1. The summed E-state index contributed by atoms with van der Waals surface area (Å²) in [5, 5.41) is 2.62. The fraction of sp³-hybridized carbons (Fsp3) is 0.464. The molecule has 3 atom stereocenters. The minimum atomic E-state index is -1.12. The van der Waals surface area contributed by atoms with Gasteiger partial charge in [-0.2, -0.15) is 0 Å². The van der Waals surface area contributed by atoms with Crippen molar-refractivity contribution in [2.45, 2.75) is 37.5 Å². The van der Waals surface area contributed by atoms with Crippen LogP contribution >= 0.6 is 0 Å². The minimum Gasteiger partial charge on any atom is -0.490 e. The number of hydrogen-bond donors (Lipinski definition) is 1. The molecule has 9 nitrogen and oxygen atoms in total. The first-order chi connectivity index (χ1) is 18.7. The zero-order valence-electron chi connectivity index (χ0n) is 22.0. The summed E-state index contributed by atoms with van der Waals surface area (Å²) in [5.41, 5.74) is 0.530. The van der Waals surface area contributed by atoms with E-state index in [-0.39, 0.29) is 47.8 Å². The zero-order valence-corrected chi connectivity index (χ0v) is 22.0. The van der Waals surface area contributed by atoms with Gasteiger partial charge in [0.05, 0.1) is 24.1 Å². The van der Waals surface area contributed by atoms with Crippen LogP contribution in [0.5, 0.6) is 5.75 Å². The second kappa shape index (κ2) is 11.3. The highest BCUT2D eigenvalue weighted by atomic mass is 19.2. The summed E-state index contributed by atoms with van der Waals surface area (Å²) in [6, 6.07) is 7.30. The van der Waals surface area contributed by atoms with E-state index < -0.39 is 17.5 Å². The topological polar surface area (TPSA) is 91.4 Å². The van der Waals surface area contributed by atoms with Crippen LogP contribution in [0, 0.1) is 11.6 Å². The third-order valence-electron chi connectivity index (χ3n) is 7.71. The van der Waals surface area contributed by atoms with E-state index in [4.69, 9.17) is 9.47 Å². The lowest BCUT2D eigenvalue weighted by Crippen LogP contribution is -2.54. The van der Waals surface area contributed by atoms with Crippen molar-refractivity contribution in [3.05, 3.63) is 59.2 Å². The third-order valence-corrected chi connectivity index (χ3v) is 7.71. The second-order valence-electron chi connectivity index (χ2n) is 10.4. The number of piperazine rings is 1. The first-order valence-corrected chi connectivity index (χ1v) is 13.1. The molecule has 1 N–H and O–H groups in total. The molecule has 2 aromatic carbocycles. The Bertz CT molecular complexity index is 1270. The van der Waals surface area contributed by atoms with E-state index >= 15 is 0 Å². The molecule has 2 aromatic rings. The van der Waals surface area contributed by atoms with Gasteiger partial charge >= 0.3 is 0 Å². The fourth-order valence-corrected chi connectivity index (χ4v) is 5.33. The van der Waals surface area contributed by atoms with Gasteiger partial charge in [0.2, 0.25) is 5.91 Å². The highest BCUT2D eigenvalue weighted by Gasteiger charge is 2.39. The maximum Gasteiger partial charge on any atom is 0.257 e. The van der Waals surface area contributed by atoms with Crippen LogP contribution < -0.4 is 10.1 Å². The molecule has 2 fully saturated rings. The van der Waals surface area contributed by atoms with E-state index in [1.165, 1.54) is 12.1 Å². The molecule has 208 valence electrons. The third kappa shape index (κ3) is 5.89. The van der Waals surface area contributed by atoms with Crippen molar-refractivity contribution in [3.8, 4) is 5.75 Å². The summed E-state index contributed by atoms with van der Waals surface area (Å²) in [6.07, 6.45) is 0.994. The van der Waals surface area contributed by atoms with E-state index in [1.807, 2.05) is 11.9 Å². The molecule has 0 bridgehead atoms. The predicted molar refractivity (Wildman–Crippen MR) is 139 cm³/mol. The van der Waals surface area contributed by atoms with Gasteiger partial charge in [0, 0.05) is 44.5 Å². The van der Waals surface area contributed by atoms with Gasteiger partial charge in [-0.1, -0.05) is 0 Å². The summed E-state index contributed by atoms with van der Waals surface area (Å²) in [5.74, 6) is -2.67. The SMILES string of the molecule is CN1CCN(C(=O)C[C@H]2CC[C@@H]3[C@@H](COc4ccc(NC(=O)c5ccc(F)c(F)c5)cc4C(=O)N3C)O2)CC1. The molecule has 0 unspecified atom stereocenters. The van der Waals surface area contributed by atoms with Crippen LogP contribution in [0.25, 0.3) is 0 Å². The largest absolute Gasteiger partial charge is 0.490 e. The average molecular weight is 543 g/mol. The molecule has 5 rings (SSSR count). The average Bonchev–Trinajstić information content (AvgIpc) is 2.92. The van der Waals surface area contributed by atoms with Gasteiger partial charge in [0.15, 0.2) is 11.6 Å². The van der Waals surface area contributed by atoms with Gasteiger partial charge in [0.25, 0.3) is 11.8 Å². The van der Waals surface area contributed by atoms with Gasteiger partial charge in [0.1, 0.15) is 18.5 Å². The van der Waals surface area contributed by atoms with Crippen LogP contribution in [-0.2, 0) is 9.53 Å². The molecule has 2 saturated heterocycles. The molecule has 3 aliphatic rings. The number of benzene rings is 2. The van der Waals surface area contributed by atoms with Crippen LogP contribution in [0.15, 0.2) is 36.4 Å². The number of hydrogen-bond acceptors (Lipinski definition) is 6. The number of fused-ring (bicyclic) bond motifs is 2. The Kier molecular flexibility index (Phi) is 7.81. The number of anilines is 1. The quantitative estimate of drug-likeness (QED) is 0.639. The molecule has 11 heteroatoms. The lowest BCUT2D eigenvalue weighted by Gasteiger charge is -2.42. The van der Waals surface area contributed by atoms with Gasteiger partial charge < -0.3 is 29.5 Å². The monoisotopic (exact) mass is 542 g/mol. The van der Waals surface area contributed by atoms with Crippen LogP contribution in [0.1, 0.15) is 40.0 Å². The summed E-state index contributed by atoms with van der Waals surface area (Å²) < 4.78 is 39.1. The van der Waals surface area contributed by atoms with E-state index in [0.29, 0.717) is 43.8 Å². The summed E-state index contributed by atoms with van der Waals surface area (Å²) in [6.45, 7) is 3.36. The molecule has 0 aliphatic carbocycles. The number of likely N-dealkylation sites (N-methyl/N-ethyl adjacent to an activating group) is 2. The predicted octanol–water partition coefficient (Wildman–Crippen LogP) is 2.76. The van der Waals surface area contributed by atoms with Crippen molar-refractivity contribution >= 4 is 23.4 Å². The van der Waals surface area contributed by atoms with E-state index in [2.05, 4.69) is 10.2 Å². The lowest BCUT2D eigenvalue weighted by atomic mass is 9.94. The Hall–Kier alpha value is -3.57. The van der Waals surface area contributed by atoms with Crippen molar-refractivity contribution in [1.29, 1.82) is 0 Å². The van der Waals surface area contributed by atoms with Gasteiger partial charge in [-0.3, -0.25) is 14.4 Å². The van der Waals surface area contributed by atoms with Crippen LogP contribution in [0.2, 0.25) is 0 Å². The van der Waals surface area contributed by atoms with Crippen LogP contribution in [0.4, 0.5) is 14.5 Å². The first-order valence-electron chi connectivity index (χ1n) is 13.1. The van der Waals surface area contributed by atoms with Crippen molar-refractivity contribution in [3.63, 3.8) is 0 Å². The van der Waals surface area contributed by atoms with Crippen molar-refractivity contribution in [2.75, 3.05) is 52.2 Å². The molecule has 3 heterocycles. The molecule has 3 aliphatic heterocycles. The number of nitrogens with zero attached hydrogens (tertiary/aromatic N) is 3. The number of halogens is 2. The molecule has 0 spiro atoms. The molecular weight excluding hydrogens is 510 g/mol. The van der Waals surface area contributed by atoms with Crippen molar-refractivity contribution < 1.29 is 32.6 Å². The maximum atomic E-state index is 13.5. The second-order valence-corrected chi connectivity index (χ2v) is 10.4. The smallest absolute Gasteiger partial charge is 0.257 e. The first kappa shape index (κ1) is 27.0. The number of ether oxygens (including phenoxy) is 2. The van der Waals surface area contributed by atoms with Crippen LogP contribution in [-0.4, -0.2) is 97.6 Å². The zero-order chi connectivity index (χ0) is 27.7. The van der Waals surface area contributed by atoms with Gasteiger partial charge in [-0.15, -0.1) is 0 Å². The summed E-state index contributed by atoms with van der Waals surface area (Å²) >= 11 is 0. The fourth-order valence-electron chi connectivity index (χ4n) is 5.33. The molecule has 0 aromatic heterocycles. The summed E-state index contributed by atoms with van der Waals surface area (Å²) in [4.78, 5) is 44.6. The molecule has 0 radical (unpaired) electrons. The minimum absolute atomic E-state index is 0.0526. The molecular formula is C28H32F2N4O5. The Morgan fingerprint density at radius 1 is 1.00 bits per heavy atom. The van der Waals surface area contributed by atoms with Crippen molar-refractivity contribution in [2.24, 2.45) is 0 Å². The number of amides is 3. The van der Waals surface area contributed by atoms with E-state index in [1.54, 1.807) is 24.1 Å². The van der Waals surface area contributed by atoms with Crippen molar-refractivity contribution in [1.82, 2.24) is 14.7 Å². The molecule has 39 heavy (non-hydrogen) atoms. The highest BCUT2D eigenvalue weighted by molar-refractivity contribution is 6.05. The Morgan fingerprint density at radius 2 is 1.77 bits per heavy atom. The van der Waals surface area contributed by atoms with E-state index in [9.17, 15) is 23.2 Å². The normalized spacial score (nSPS) is 23.7. The van der Waals surface area contributed by atoms with Gasteiger partial charge in [-0.05, 0) is 56.3 Å². The van der Waals surface area contributed by atoms with E-state index in [0.717, 1.165) is 25.2 Å². The Labute approximate surface area is 225 Å². The standard InChI is InChI=1S/C28H32F2N4O5/c1-32-9-11-34(12-10-32)26(35)15-19-5-7-23-25(39-19)16-38-24-8-4-18(14-20(24)28(37)33(23)2)31-27(36)17-3-6-21(29)22(30)13-17/h3-4,6,8,13-14,19,23,25H,5,7,9-12,15-16H2,1-2H3,(H,31,36)/t19-,23-,25-/m1/s1. The lowest BCUT2D eigenvalue weighted by molar-refractivity contribution is -0.144. The van der Waals surface area contributed by atoms with Gasteiger partial charge in [-0.25, -0.2) is 8.78 Å². The Morgan fingerprint density at radius 3 is 2.51 bits per heavy atom. The summed E-state index contributed by atoms with van der Waals surface area (Å²) in [7, 11) is 3.75. The number of carbonyl (C=O) groups is 3. The molecule has 3 amide bonds. The molecule has 0 saturated carbocycles. The number of carbonyl (C=O) groups excluding carboxylic acids is 3.